The second-order valence-electron chi connectivity index (χ2n) is 4.10. The molecule has 0 aliphatic rings. The first-order chi connectivity index (χ1) is 9.81. The van der Waals surface area contributed by atoms with Gasteiger partial charge in [0.15, 0.2) is 0 Å². The normalized spacial score (nSPS) is 10.4. The molecule has 0 fully saturated rings. The van der Waals surface area contributed by atoms with Crippen LogP contribution in [0.5, 0.6) is 0 Å². The molecule has 0 amide bonds. The molecule has 0 bridgehead atoms. The monoisotopic (exact) mass is 270 g/mol. The van der Waals surface area contributed by atoms with Crippen molar-refractivity contribution in [3.05, 3.63) is 60.5 Å². The van der Waals surface area contributed by atoms with Crippen LogP contribution in [-0.4, -0.2) is 15.2 Å². The lowest BCUT2D eigenvalue weighted by Gasteiger charge is -2.02. The second-order valence-corrected chi connectivity index (χ2v) is 4.10. The van der Waals surface area contributed by atoms with Crippen molar-refractivity contribution in [2.24, 2.45) is 0 Å². The van der Waals surface area contributed by atoms with Gasteiger partial charge in [0.1, 0.15) is 5.82 Å². The highest BCUT2D eigenvalue weighted by Gasteiger charge is 2.08. The standard InChI is InChI=1S/C14H11FN4O/c15-11-3-5-12(6-4-11)17-9-13-18-19-14(20-13)10-2-1-7-16-8-10/h1-8,17H,9H2. The first-order valence-corrected chi connectivity index (χ1v) is 6.03. The summed E-state index contributed by atoms with van der Waals surface area (Å²) in [5.41, 5.74) is 1.56. The predicted molar refractivity (Wildman–Crippen MR) is 71.3 cm³/mol. The third kappa shape index (κ3) is 2.80. The molecular formula is C14H11FN4O. The van der Waals surface area contributed by atoms with Gasteiger partial charge in [0.2, 0.25) is 11.8 Å². The Balaban J connectivity index is 1.67. The van der Waals surface area contributed by atoms with Gasteiger partial charge in [-0.25, -0.2) is 4.39 Å². The fourth-order valence-corrected chi connectivity index (χ4v) is 1.68. The third-order valence-electron chi connectivity index (χ3n) is 2.66. The van der Waals surface area contributed by atoms with Gasteiger partial charge in [-0.05, 0) is 36.4 Å². The Morgan fingerprint density at radius 1 is 1.10 bits per heavy atom. The van der Waals surface area contributed by atoms with Gasteiger partial charge in [0.25, 0.3) is 0 Å². The molecule has 0 unspecified atom stereocenters. The van der Waals surface area contributed by atoms with Gasteiger partial charge in [0, 0.05) is 18.1 Å². The zero-order chi connectivity index (χ0) is 13.8. The quantitative estimate of drug-likeness (QED) is 0.789. The van der Waals surface area contributed by atoms with E-state index in [1.165, 1.54) is 12.1 Å². The highest BCUT2D eigenvalue weighted by molar-refractivity contribution is 5.50. The van der Waals surface area contributed by atoms with Crippen molar-refractivity contribution < 1.29 is 8.81 Å². The van der Waals surface area contributed by atoms with Crippen molar-refractivity contribution in [2.75, 3.05) is 5.32 Å². The number of rotatable bonds is 4. The molecule has 6 heteroatoms. The van der Waals surface area contributed by atoms with Crippen molar-refractivity contribution in [2.45, 2.75) is 6.54 Å². The first kappa shape index (κ1) is 12.3. The van der Waals surface area contributed by atoms with Crippen molar-refractivity contribution in [3.63, 3.8) is 0 Å². The molecule has 0 saturated heterocycles. The van der Waals surface area contributed by atoms with Gasteiger partial charge in [-0.15, -0.1) is 10.2 Å². The maximum Gasteiger partial charge on any atom is 0.249 e. The molecule has 0 aliphatic carbocycles. The van der Waals surface area contributed by atoms with E-state index in [1.54, 1.807) is 30.6 Å². The molecule has 0 radical (unpaired) electrons. The maximum absolute atomic E-state index is 12.8. The summed E-state index contributed by atoms with van der Waals surface area (Å²) >= 11 is 0. The Labute approximate surface area is 114 Å². The zero-order valence-corrected chi connectivity index (χ0v) is 10.5. The molecule has 3 aromatic rings. The van der Waals surface area contributed by atoms with E-state index in [4.69, 9.17) is 4.42 Å². The van der Waals surface area contributed by atoms with E-state index in [0.717, 1.165) is 11.3 Å². The van der Waals surface area contributed by atoms with Crippen molar-refractivity contribution in [1.82, 2.24) is 15.2 Å². The van der Waals surface area contributed by atoms with Crippen LogP contribution in [0.15, 0.2) is 53.2 Å². The topological polar surface area (TPSA) is 63.8 Å². The van der Waals surface area contributed by atoms with Crippen LogP contribution < -0.4 is 5.32 Å². The van der Waals surface area contributed by atoms with Crippen LogP contribution in [0.25, 0.3) is 11.5 Å². The smallest absolute Gasteiger partial charge is 0.249 e. The molecule has 1 aromatic carbocycles. The summed E-state index contributed by atoms with van der Waals surface area (Å²) in [6.45, 7) is 0.374. The SMILES string of the molecule is Fc1ccc(NCc2nnc(-c3cccnc3)o2)cc1. The fourth-order valence-electron chi connectivity index (χ4n) is 1.68. The molecule has 0 atom stereocenters. The minimum Gasteiger partial charge on any atom is -0.419 e. The minimum absolute atomic E-state index is 0.271. The van der Waals surface area contributed by atoms with E-state index in [0.29, 0.717) is 18.3 Å². The molecule has 1 N–H and O–H groups in total. The van der Waals surface area contributed by atoms with Crippen LogP contribution >= 0.6 is 0 Å². The van der Waals surface area contributed by atoms with Crippen molar-refractivity contribution in [3.8, 4) is 11.5 Å². The average molecular weight is 270 g/mol. The number of anilines is 1. The van der Waals surface area contributed by atoms with Crippen LogP contribution in [0.2, 0.25) is 0 Å². The summed E-state index contributed by atoms with van der Waals surface area (Å²) in [7, 11) is 0. The largest absolute Gasteiger partial charge is 0.419 e. The summed E-state index contributed by atoms with van der Waals surface area (Å²) in [5, 5.41) is 11.0. The summed E-state index contributed by atoms with van der Waals surface area (Å²) < 4.78 is 18.3. The van der Waals surface area contributed by atoms with Crippen LogP contribution in [0, 0.1) is 5.82 Å². The molecule has 20 heavy (non-hydrogen) atoms. The van der Waals surface area contributed by atoms with Crippen LogP contribution in [0.3, 0.4) is 0 Å². The molecule has 0 aliphatic heterocycles. The van der Waals surface area contributed by atoms with Gasteiger partial charge in [-0.1, -0.05) is 0 Å². The minimum atomic E-state index is -0.271. The van der Waals surface area contributed by atoms with Crippen molar-refractivity contribution >= 4 is 5.69 Å². The lowest BCUT2D eigenvalue weighted by atomic mass is 10.3. The highest BCUT2D eigenvalue weighted by atomic mass is 19.1. The second kappa shape index (κ2) is 5.48. The van der Waals surface area contributed by atoms with Gasteiger partial charge in [-0.3, -0.25) is 4.98 Å². The van der Waals surface area contributed by atoms with E-state index in [1.807, 2.05) is 6.07 Å². The Morgan fingerprint density at radius 2 is 1.95 bits per heavy atom. The number of hydrogen-bond donors (Lipinski definition) is 1. The Kier molecular flexibility index (Phi) is 3.36. The Morgan fingerprint density at radius 3 is 2.70 bits per heavy atom. The van der Waals surface area contributed by atoms with Gasteiger partial charge < -0.3 is 9.73 Å². The number of nitrogens with zero attached hydrogens (tertiary/aromatic N) is 3. The lowest BCUT2D eigenvalue weighted by Crippen LogP contribution is -1.99. The van der Waals surface area contributed by atoms with Gasteiger partial charge in [-0.2, -0.15) is 0 Å². The van der Waals surface area contributed by atoms with Crippen molar-refractivity contribution in [1.29, 1.82) is 0 Å². The van der Waals surface area contributed by atoms with E-state index in [9.17, 15) is 4.39 Å². The molecule has 2 aromatic heterocycles. The molecule has 5 nitrogen and oxygen atoms in total. The number of benzene rings is 1. The highest BCUT2D eigenvalue weighted by Crippen LogP contribution is 2.16. The van der Waals surface area contributed by atoms with E-state index < -0.39 is 0 Å². The number of halogens is 1. The summed E-state index contributed by atoms with van der Waals surface area (Å²) in [5.74, 6) is 0.606. The molecule has 3 rings (SSSR count). The number of pyridine rings is 1. The number of aromatic nitrogens is 3. The van der Waals surface area contributed by atoms with Crippen LogP contribution in [0.4, 0.5) is 10.1 Å². The van der Waals surface area contributed by atoms with Gasteiger partial charge >= 0.3 is 0 Å². The summed E-state index contributed by atoms with van der Waals surface area (Å²) in [6.07, 6.45) is 3.33. The third-order valence-corrected chi connectivity index (χ3v) is 2.66. The molecular weight excluding hydrogens is 259 g/mol. The maximum atomic E-state index is 12.8. The summed E-state index contributed by atoms with van der Waals surface area (Å²) in [6, 6.07) is 9.71. The zero-order valence-electron chi connectivity index (χ0n) is 10.5. The van der Waals surface area contributed by atoms with Crippen LogP contribution in [0.1, 0.15) is 5.89 Å². The predicted octanol–water partition coefficient (Wildman–Crippen LogP) is 2.88. The lowest BCUT2D eigenvalue weighted by molar-refractivity contribution is 0.515. The number of hydrogen-bond acceptors (Lipinski definition) is 5. The van der Waals surface area contributed by atoms with E-state index in [2.05, 4.69) is 20.5 Å². The molecule has 0 saturated carbocycles. The van der Waals surface area contributed by atoms with E-state index in [-0.39, 0.29) is 5.82 Å². The molecule has 2 heterocycles. The first-order valence-electron chi connectivity index (χ1n) is 6.03. The Hall–Kier alpha value is -2.76. The van der Waals surface area contributed by atoms with Gasteiger partial charge in [0.05, 0.1) is 12.1 Å². The molecule has 0 spiro atoms. The average Bonchev–Trinajstić information content (AvgIpc) is 2.97. The van der Waals surface area contributed by atoms with E-state index >= 15 is 0 Å². The Bertz CT molecular complexity index is 682. The number of nitrogens with one attached hydrogen (secondary N) is 1. The fraction of sp³-hybridized carbons (Fsp3) is 0.0714. The molecule has 100 valence electrons. The van der Waals surface area contributed by atoms with Crippen LogP contribution in [-0.2, 0) is 6.54 Å². The summed E-state index contributed by atoms with van der Waals surface area (Å²) in [4.78, 5) is 3.99.